The van der Waals surface area contributed by atoms with Gasteiger partial charge in [0, 0.05) is 29.9 Å². The number of nitrogens with one attached hydrogen (secondary N) is 1. The molecule has 0 aliphatic heterocycles. The second-order valence-corrected chi connectivity index (χ2v) is 9.52. The van der Waals surface area contributed by atoms with Crippen molar-refractivity contribution in [2.45, 2.75) is 24.8 Å². The highest BCUT2D eigenvalue weighted by molar-refractivity contribution is 7.89. The van der Waals surface area contributed by atoms with Crippen molar-refractivity contribution in [3.05, 3.63) is 71.4 Å². The Balaban J connectivity index is 1.53. The molecule has 0 amide bonds. The SMILES string of the molecule is COc1ccc(Cl)cc1S(=O)(=O)NCCCn1c(-c2ccc(C)cc2)nc2cccnc21. The zero-order valence-electron chi connectivity index (χ0n) is 17.7. The van der Waals surface area contributed by atoms with Crippen molar-refractivity contribution in [3.8, 4) is 17.1 Å². The first kappa shape index (κ1) is 22.3. The Morgan fingerprint density at radius 3 is 2.66 bits per heavy atom. The number of benzene rings is 2. The molecule has 0 unspecified atom stereocenters. The molecule has 0 aliphatic carbocycles. The van der Waals surface area contributed by atoms with Gasteiger partial charge < -0.3 is 9.30 Å². The summed E-state index contributed by atoms with van der Waals surface area (Å²) in [5, 5.41) is 0.324. The highest BCUT2D eigenvalue weighted by atomic mass is 35.5. The summed E-state index contributed by atoms with van der Waals surface area (Å²) in [5.41, 5.74) is 3.72. The monoisotopic (exact) mass is 470 g/mol. The number of hydrogen-bond donors (Lipinski definition) is 1. The number of sulfonamides is 1. The fourth-order valence-electron chi connectivity index (χ4n) is 3.48. The molecule has 9 heteroatoms. The van der Waals surface area contributed by atoms with Crippen LogP contribution in [-0.2, 0) is 16.6 Å². The van der Waals surface area contributed by atoms with Gasteiger partial charge >= 0.3 is 0 Å². The Morgan fingerprint density at radius 1 is 1.12 bits per heavy atom. The summed E-state index contributed by atoms with van der Waals surface area (Å²) >= 11 is 5.98. The van der Waals surface area contributed by atoms with E-state index in [1.54, 1.807) is 12.3 Å². The molecule has 0 radical (unpaired) electrons. The molecule has 7 nitrogen and oxygen atoms in total. The van der Waals surface area contributed by atoms with Crippen molar-refractivity contribution in [2.75, 3.05) is 13.7 Å². The highest BCUT2D eigenvalue weighted by Gasteiger charge is 2.20. The molecular formula is C23H23ClN4O3S. The number of rotatable bonds is 8. The van der Waals surface area contributed by atoms with Gasteiger partial charge in [0.1, 0.15) is 22.0 Å². The van der Waals surface area contributed by atoms with Crippen molar-refractivity contribution in [1.82, 2.24) is 19.3 Å². The van der Waals surface area contributed by atoms with E-state index in [0.29, 0.717) is 18.0 Å². The molecule has 1 N–H and O–H groups in total. The van der Waals surface area contributed by atoms with Gasteiger partial charge in [-0.05, 0) is 43.7 Å². The summed E-state index contributed by atoms with van der Waals surface area (Å²) in [5.74, 6) is 1.05. The van der Waals surface area contributed by atoms with Gasteiger partial charge in [-0.1, -0.05) is 41.4 Å². The lowest BCUT2D eigenvalue weighted by atomic mass is 10.1. The zero-order valence-corrected chi connectivity index (χ0v) is 19.3. The van der Waals surface area contributed by atoms with Crippen molar-refractivity contribution in [1.29, 1.82) is 0 Å². The summed E-state index contributed by atoms with van der Waals surface area (Å²) < 4.78 is 35.4. The molecule has 0 atom stereocenters. The molecule has 166 valence electrons. The van der Waals surface area contributed by atoms with Crippen molar-refractivity contribution in [2.24, 2.45) is 0 Å². The normalized spacial score (nSPS) is 11.7. The predicted octanol–water partition coefficient (Wildman–Crippen LogP) is 4.44. The van der Waals surface area contributed by atoms with Gasteiger partial charge in [-0.25, -0.2) is 23.1 Å². The molecule has 0 aliphatic rings. The third kappa shape index (κ3) is 4.62. The smallest absolute Gasteiger partial charge is 0.244 e. The first-order valence-electron chi connectivity index (χ1n) is 10.1. The van der Waals surface area contributed by atoms with Gasteiger partial charge in [-0.15, -0.1) is 0 Å². The van der Waals surface area contributed by atoms with Crippen LogP contribution in [0.1, 0.15) is 12.0 Å². The summed E-state index contributed by atoms with van der Waals surface area (Å²) in [6.07, 6.45) is 2.27. The lowest BCUT2D eigenvalue weighted by Crippen LogP contribution is -2.26. The fraction of sp³-hybridized carbons (Fsp3) is 0.217. The molecule has 2 aromatic carbocycles. The molecule has 0 saturated heterocycles. The predicted molar refractivity (Wildman–Crippen MR) is 126 cm³/mol. The lowest BCUT2D eigenvalue weighted by molar-refractivity contribution is 0.402. The van der Waals surface area contributed by atoms with E-state index in [4.69, 9.17) is 21.3 Å². The number of fused-ring (bicyclic) bond motifs is 1. The van der Waals surface area contributed by atoms with Crippen LogP contribution in [0.2, 0.25) is 5.02 Å². The molecule has 0 fully saturated rings. The van der Waals surface area contributed by atoms with Gasteiger partial charge in [0.25, 0.3) is 0 Å². The van der Waals surface area contributed by atoms with Crippen LogP contribution < -0.4 is 9.46 Å². The Labute approximate surface area is 192 Å². The van der Waals surface area contributed by atoms with E-state index in [1.165, 1.54) is 24.8 Å². The van der Waals surface area contributed by atoms with Crippen molar-refractivity contribution < 1.29 is 13.2 Å². The van der Waals surface area contributed by atoms with E-state index in [-0.39, 0.29) is 17.2 Å². The molecule has 32 heavy (non-hydrogen) atoms. The van der Waals surface area contributed by atoms with E-state index in [9.17, 15) is 8.42 Å². The minimum atomic E-state index is -3.78. The Morgan fingerprint density at radius 2 is 1.91 bits per heavy atom. The molecule has 4 aromatic rings. The van der Waals surface area contributed by atoms with E-state index in [0.717, 1.165) is 22.6 Å². The molecule has 0 bridgehead atoms. The third-order valence-corrected chi connectivity index (χ3v) is 6.80. The quantitative estimate of drug-likeness (QED) is 0.385. The maximum absolute atomic E-state index is 12.8. The highest BCUT2D eigenvalue weighted by Crippen LogP contribution is 2.27. The Kier molecular flexibility index (Phi) is 6.45. The average Bonchev–Trinajstić information content (AvgIpc) is 3.16. The lowest BCUT2D eigenvalue weighted by Gasteiger charge is -2.12. The topological polar surface area (TPSA) is 86.1 Å². The zero-order chi connectivity index (χ0) is 22.7. The number of hydrogen-bond acceptors (Lipinski definition) is 5. The van der Waals surface area contributed by atoms with Gasteiger partial charge in [-0.2, -0.15) is 0 Å². The Hall–Kier alpha value is -2.94. The number of aromatic nitrogens is 3. The van der Waals surface area contributed by atoms with E-state index >= 15 is 0 Å². The molecular weight excluding hydrogens is 448 g/mol. The van der Waals surface area contributed by atoms with Crippen LogP contribution >= 0.6 is 11.6 Å². The number of nitrogens with zero attached hydrogens (tertiary/aromatic N) is 3. The summed E-state index contributed by atoms with van der Waals surface area (Å²) in [7, 11) is -2.35. The standard InChI is InChI=1S/C23H23ClN4O3S/c1-16-6-8-17(9-7-16)22-27-19-5-3-12-25-23(19)28(22)14-4-13-26-32(29,30)21-15-18(24)10-11-20(21)31-2/h3,5-12,15,26H,4,13-14H2,1-2H3. The second-order valence-electron chi connectivity index (χ2n) is 7.35. The minimum absolute atomic E-state index is 0.0163. The number of halogens is 1. The maximum atomic E-state index is 12.8. The average molecular weight is 471 g/mol. The molecule has 2 aromatic heterocycles. The summed E-state index contributed by atoms with van der Waals surface area (Å²) in [6.45, 7) is 2.82. The van der Waals surface area contributed by atoms with Crippen LogP contribution in [0.15, 0.2) is 65.7 Å². The van der Waals surface area contributed by atoms with Crippen molar-refractivity contribution in [3.63, 3.8) is 0 Å². The number of ether oxygens (including phenoxy) is 1. The van der Waals surface area contributed by atoms with Gasteiger partial charge in [-0.3, -0.25) is 0 Å². The van der Waals surface area contributed by atoms with E-state index in [1.807, 2.05) is 47.9 Å². The van der Waals surface area contributed by atoms with Gasteiger partial charge in [0.2, 0.25) is 10.0 Å². The van der Waals surface area contributed by atoms with Crippen LogP contribution in [-0.4, -0.2) is 36.6 Å². The summed E-state index contributed by atoms with van der Waals surface area (Å²) in [4.78, 5) is 9.25. The van der Waals surface area contributed by atoms with Crippen LogP contribution in [0.5, 0.6) is 5.75 Å². The molecule has 4 rings (SSSR count). The molecule has 0 saturated carbocycles. The first-order valence-corrected chi connectivity index (χ1v) is 12.0. The number of imidazole rings is 1. The first-order chi connectivity index (χ1) is 15.4. The van der Waals surface area contributed by atoms with Crippen LogP contribution in [0.25, 0.3) is 22.6 Å². The van der Waals surface area contributed by atoms with Crippen molar-refractivity contribution >= 4 is 32.8 Å². The van der Waals surface area contributed by atoms with Crippen LogP contribution in [0.3, 0.4) is 0 Å². The molecule has 0 spiro atoms. The number of methoxy groups -OCH3 is 1. The fourth-order valence-corrected chi connectivity index (χ4v) is 4.98. The second kappa shape index (κ2) is 9.28. The largest absolute Gasteiger partial charge is 0.495 e. The van der Waals surface area contributed by atoms with Crippen LogP contribution in [0, 0.1) is 6.92 Å². The van der Waals surface area contributed by atoms with E-state index < -0.39 is 10.0 Å². The van der Waals surface area contributed by atoms with Gasteiger partial charge in [0.05, 0.1) is 7.11 Å². The van der Waals surface area contributed by atoms with E-state index in [2.05, 4.69) is 9.71 Å². The van der Waals surface area contributed by atoms with Crippen LogP contribution in [0.4, 0.5) is 0 Å². The molecule has 2 heterocycles. The maximum Gasteiger partial charge on any atom is 0.244 e. The summed E-state index contributed by atoms with van der Waals surface area (Å²) in [6, 6.07) is 16.4. The Bertz CT molecular complexity index is 1350. The minimum Gasteiger partial charge on any atom is -0.495 e. The van der Waals surface area contributed by atoms with Gasteiger partial charge in [0.15, 0.2) is 5.65 Å². The number of aryl methyl sites for hydroxylation is 2. The number of pyridine rings is 1. The third-order valence-electron chi connectivity index (χ3n) is 5.08.